The Kier molecular flexibility index (Phi) is 7.22. The summed E-state index contributed by atoms with van der Waals surface area (Å²) in [4.78, 5) is 24.7. The number of esters is 2. The number of carbonyl (C=O) groups is 2. The van der Waals surface area contributed by atoms with E-state index in [1.165, 1.54) is 6.07 Å². The van der Waals surface area contributed by atoms with Crippen LogP contribution in [-0.2, 0) is 11.2 Å². The van der Waals surface area contributed by atoms with E-state index in [2.05, 4.69) is 0 Å². The number of carbonyl (C=O) groups excluding carboxylic acids is 2. The SMILES string of the molecule is CC(C)Oc1ccc(C(=O)Oc2cccc(C(=O)OCCc3ccccc3)c2)cc1. The van der Waals surface area contributed by atoms with Gasteiger partial charge in [0, 0.05) is 6.42 Å². The topological polar surface area (TPSA) is 61.8 Å². The van der Waals surface area contributed by atoms with Crippen LogP contribution < -0.4 is 9.47 Å². The lowest BCUT2D eigenvalue weighted by molar-refractivity contribution is 0.0507. The molecule has 5 nitrogen and oxygen atoms in total. The number of rotatable bonds is 8. The maximum absolute atomic E-state index is 12.4. The molecule has 0 spiro atoms. The Morgan fingerprint density at radius 2 is 1.50 bits per heavy atom. The molecular weight excluding hydrogens is 380 g/mol. The van der Waals surface area contributed by atoms with Crippen molar-refractivity contribution in [2.75, 3.05) is 6.61 Å². The number of hydrogen-bond acceptors (Lipinski definition) is 5. The Hall–Kier alpha value is -3.60. The highest BCUT2D eigenvalue weighted by atomic mass is 16.5. The standard InChI is InChI=1S/C25H24O5/c1-18(2)29-22-13-11-20(12-14-22)25(27)30-23-10-6-9-21(17-23)24(26)28-16-15-19-7-4-3-5-8-19/h3-14,17-18H,15-16H2,1-2H3. The van der Waals surface area contributed by atoms with Crippen LogP contribution in [0.4, 0.5) is 0 Å². The Bertz CT molecular complexity index is 978. The van der Waals surface area contributed by atoms with E-state index in [0.29, 0.717) is 23.3 Å². The van der Waals surface area contributed by atoms with Gasteiger partial charge in [-0.25, -0.2) is 9.59 Å². The van der Waals surface area contributed by atoms with E-state index in [1.807, 2.05) is 44.2 Å². The molecule has 30 heavy (non-hydrogen) atoms. The van der Waals surface area contributed by atoms with Gasteiger partial charge in [-0.2, -0.15) is 0 Å². The van der Waals surface area contributed by atoms with Crippen LogP contribution in [0.3, 0.4) is 0 Å². The Balaban J connectivity index is 1.56. The second-order valence-corrected chi connectivity index (χ2v) is 6.98. The van der Waals surface area contributed by atoms with Gasteiger partial charge >= 0.3 is 11.9 Å². The summed E-state index contributed by atoms with van der Waals surface area (Å²) in [6.45, 7) is 4.14. The molecule has 0 aliphatic rings. The van der Waals surface area contributed by atoms with Gasteiger partial charge in [0.2, 0.25) is 0 Å². The summed E-state index contributed by atoms with van der Waals surface area (Å²) >= 11 is 0. The van der Waals surface area contributed by atoms with Crippen molar-refractivity contribution in [1.82, 2.24) is 0 Å². The summed E-state index contributed by atoms with van der Waals surface area (Å²) in [6.07, 6.45) is 0.690. The molecule has 154 valence electrons. The first-order valence-electron chi connectivity index (χ1n) is 9.81. The predicted molar refractivity (Wildman–Crippen MR) is 114 cm³/mol. The van der Waals surface area contributed by atoms with Crippen molar-refractivity contribution in [2.45, 2.75) is 26.4 Å². The van der Waals surface area contributed by atoms with Gasteiger partial charge in [0.05, 0.1) is 23.8 Å². The van der Waals surface area contributed by atoms with Crippen LogP contribution >= 0.6 is 0 Å². The molecule has 3 aromatic carbocycles. The van der Waals surface area contributed by atoms with Gasteiger partial charge in [-0.1, -0.05) is 36.4 Å². The maximum atomic E-state index is 12.4. The molecule has 0 aromatic heterocycles. The van der Waals surface area contributed by atoms with E-state index in [9.17, 15) is 9.59 Å². The van der Waals surface area contributed by atoms with E-state index < -0.39 is 11.9 Å². The third-order valence-corrected chi connectivity index (χ3v) is 4.21. The molecular formula is C25H24O5. The summed E-state index contributed by atoms with van der Waals surface area (Å²) in [7, 11) is 0. The first-order chi connectivity index (χ1) is 14.5. The van der Waals surface area contributed by atoms with Gasteiger partial charge in [0.15, 0.2) is 0 Å². The summed E-state index contributed by atoms with van der Waals surface area (Å²) in [5, 5.41) is 0. The molecule has 0 N–H and O–H groups in total. The zero-order valence-electron chi connectivity index (χ0n) is 17.0. The third kappa shape index (κ3) is 6.21. The lowest BCUT2D eigenvalue weighted by Gasteiger charge is -2.10. The smallest absolute Gasteiger partial charge is 0.343 e. The first-order valence-corrected chi connectivity index (χ1v) is 9.81. The average molecular weight is 404 g/mol. The van der Waals surface area contributed by atoms with Gasteiger partial charge in [-0.3, -0.25) is 0 Å². The quantitative estimate of drug-likeness (QED) is 0.386. The minimum atomic E-state index is -0.513. The molecule has 0 saturated heterocycles. The van der Waals surface area contributed by atoms with Crippen LogP contribution in [0.2, 0.25) is 0 Å². The fraction of sp³-hybridized carbons (Fsp3) is 0.200. The highest BCUT2D eigenvalue weighted by Gasteiger charge is 2.12. The van der Waals surface area contributed by atoms with E-state index in [0.717, 1.165) is 5.56 Å². The zero-order valence-corrected chi connectivity index (χ0v) is 17.0. The van der Waals surface area contributed by atoms with Crippen LogP contribution in [0.25, 0.3) is 0 Å². The Labute approximate surface area is 176 Å². The molecule has 5 heteroatoms. The van der Waals surface area contributed by atoms with Gasteiger partial charge in [0.25, 0.3) is 0 Å². The molecule has 0 atom stereocenters. The Morgan fingerprint density at radius 1 is 0.767 bits per heavy atom. The van der Waals surface area contributed by atoms with Crippen LogP contribution in [0, 0.1) is 0 Å². The molecule has 0 saturated carbocycles. The van der Waals surface area contributed by atoms with E-state index in [4.69, 9.17) is 14.2 Å². The summed E-state index contributed by atoms with van der Waals surface area (Å²) < 4.78 is 16.3. The Morgan fingerprint density at radius 3 is 2.20 bits per heavy atom. The van der Waals surface area contributed by atoms with Gasteiger partial charge in [0.1, 0.15) is 11.5 Å². The van der Waals surface area contributed by atoms with Crippen LogP contribution in [-0.4, -0.2) is 24.6 Å². The highest BCUT2D eigenvalue weighted by molar-refractivity contribution is 5.92. The van der Waals surface area contributed by atoms with E-state index in [1.54, 1.807) is 42.5 Å². The molecule has 0 amide bonds. The lowest BCUT2D eigenvalue weighted by Crippen LogP contribution is -2.11. The summed E-state index contributed by atoms with van der Waals surface area (Å²) in [6, 6.07) is 22.9. The van der Waals surface area contributed by atoms with Gasteiger partial charge < -0.3 is 14.2 Å². The fourth-order valence-electron chi connectivity index (χ4n) is 2.78. The van der Waals surface area contributed by atoms with E-state index in [-0.39, 0.29) is 18.5 Å². The van der Waals surface area contributed by atoms with Gasteiger partial charge in [-0.15, -0.1) is 0 Å². The second kappa shape index (κ2) is 10.3. The molecule has 3 rings (SSSR count). The van der Waals surface area contributed by atoms with Crippen molar-refractivity contribution in [1.29, 1.82) is 0 Å². The van der Waals surface area contributed by atoms with Crippen molar-refractivity contribution in [3.8, 4) is 11.5 Å². The first kappa shape index (κ1) is 21.1. The minimum absolute atomic E-state index is 0.0537. The van der Waals surface area contributed by atoms with Gasteiger partial charge in [-0.05, 0) is 61.9 Å². The molecule has 0 bridgehead atoms. The second-order valence-electron chi connectivity index (χ2n) is 6.98. The molecule has 0 aliphatic carbocycles. The molecule has 0 aliphatic heterocycles. The van der Waals surface area contributed by atoms with Crippen LogP contribution in [0.5, 0.6) is 11.5 Å². The monoisotopic (exact) mass is 404 g/mol. The normalized spacial score (nSPS) is 10.5. The van der Waals surface area contributed by atoms with Crippen LogP contribution in [0.15, 0.2) is 78.9 Å². The van der Waals surface area contributed by atoms with Crippen molar-refractivity contribution < 1.29 is 23.8 Å². The van der Waals surface area contributed by atoms with Crippen molar-refractivity contribution in [2.24, 2.45) is 0 Å². The molecule has 3 aromatic rings. The van der Waals surface area contributed by atoms with Crippen molar-refractivity contribution >= 4 is 11.9 Å². The molecule has 0 fully saturated rings. The largest absolute Gasteiger partial charge is 0.491 e. The average Bonchev–Trinajstić information content (AvgIpc) is 2.74. The zero-order chi connectivity index (χ0) is 21.3. The fourth-order valence-corrected chi connectivity index (χ4v) is 2.78. The van der Waals surface area contributed by atoms with Crippen molar-refractivity contribution in [3.63, 3.8) is 0 Å². The summed E-state index contributed by atoms with van der Waals surface area (Å²) in [5.41, 5.74) is 1.81. The molecule has 0 radical (unpaired) electrons. The van der Waals surface area contributed by atoms with Crippen molar-refractivity contribution in [3.05, 3.63) is 95.6 Å². The predicted octanol–water partition coefficient (Wildman–Crippen LogP) is 5.09. The highest BCUT2D eigenvalue weighted by Crippen LogP contribution is 2.18. The molecule has 0 unspecified atom stereocenters. The lowest BCUT2D eigenvalue weighted by atomic mass is 10.2. The van der Waals surface area contributed by atoms with Crippen LogP contribution in [0.1, 0.15) is 40.1 Å². The number of hydrogen-bond donors (Lipinski definition) is 0. The van der Waals surface area contributed by atoms with E-state index >= 15 is 0 Å². The number of ether oxygens (including phenoxy) is 3. The summed E-state index contributed by atoms with van der Waals surface area (Å²) in [5.74, 6) is -0.0125. The minimum Gasteiger partial charge on any atom is -0.491 e. The third-order valence-electron chi connectivity index (χ3n) is 4.21. The molecule has 0 heterocycles. The number of benzene rings is 3. The maximum Gasteiger partial charge on any atom is 0.343 e.